The number of hydrogen-bond donors (Lipinski definition) is 0. The number of rotatable bonds is 4. The highest BCUT2D eigenvalue weighted by Gasteiger charge is 2.20. The van der Waals surface area contributed by atoms with Gasteiger partial charge in [-0.3, -0.25) is 0 Å². The molecule has 0 N–H and O–H groups in total. The van der Waals surface area contributed by atoms with Crippen molar-refractivity contribution in [1.82, 2.24) is 9.47 Å². The van der Waals surface area contributed by atoms with Gasteiger partial charge in [-0.2, -0.15) is 0 Å². The first-order valence-corrected chi connectivity index (χ1v) is 11.3. The lowest BCUT2D eigenvalue weighted by molar-refractivity contribution is 0.0692. The molecule has 0 unspecified atom stereocenters. The predicted molar refractivity (Wildman–Crippen MR) is 131 cm³/mol. The van der Waals surface area contributed by atoms with Gasteiger partial charge in [-0.1, -0.05) is 35.4 Å². The summed E-state index contributed by atoms with van der Waals surface area (Å²) in [6.45, 7) is 7.11. The molecule has 0 atom stereocenters. The summed E-state index contributed by atoms with van der Waals surface area (Å²) in [5, 5.41) is 0.708. The van der Waals surface area contributed by atoms with Crippen LogP contribution in [0.25, 0.3) is 5.69 Å². The summed E-state index contributed by atoms with van der Waals surface area (Å²) in [7, 11) is 0. The van der Waals surface area contributed by atoms with Crippen LogP contribution in [0, 0.1) is 13.8 Å². The molecule has 1 aliphatic heterocycles. The number of aryl methyl sites for hydroxylation is 1. The zero-order valence-electron chi connectivity index (χ0n) is 17.7. The number of halogens is 2. The number of aromatic nitrogens is 1. The fourth-order valence-corrected chi connectivity index (χ4v) is 4.55. The number of ether oxygens (including phenoxy) is 2. The van der Waals surface area contributed by atoms with E-state index in [0.29, 0.717) is 29.0 Å². The number of carbonyl (C=O) groups excluding carboxylic acids is 1. The number of nitrogens with zero attached hydrogens (tertiary/aromatic N) is 2. The molecule has 0 aliphatic carbocycles. The van der Waals surface area contributed by atoms with Crippen molar-refractivity contribution in [2.45, 2.75) is 13.8 Å². The third-order valence-corrected chi connectivity index (χ3v) is 6.46. The van der Waals surface area contributed by atoms with Gasteiger partial charge in [0.05, 0.1) is 23.8 Å². The van der Waals surface area contributed by atoms with Gasteiger partial charge in [-0.25, -0.2) is 4.79 Å². The average Bonchev–Trinajstić information content (AvgIpc) is 3.10. The van der Waals surface area contributed by atoms with Gasteiger partial charge in [0, 0.05) is 40.8 Å². The largest absolute Gasteiger partial charge is 0.423 e. The maximum absolute atomic E-state index is 12.5. The van der Waals surface area contributed by atoms with Crippen LogP contribution in [-0.2, 0) is 4.74 Å². The van der Waals surface area contributed by atoms with Crippen LogP contribution in [0.4, 0.5) is 0 Å². The van der Waals surface area contributed by atoms with Crippen LogP contribution in [0.15, 0.2) is 48.5 Å². The van der Waals surface area contributed by atoms with E-state index in [0.717, 1.165) is 40.7 Å². The Hall–Kier alpha value is -2.38. The van der Waals surface area contributed by atoms with E-state index in [1.165, 1.54) is 6.07 Å². The average molecular weight is 489 g/mol. The molecule has 5 nitrogen and oxygen atoms in total. The zero-order chi connectivity index (χ0) is 22.8. The molecule has 166 valence electrons. The topological polar surface area (TPSA) is 43.7 Å². The van der Waals surface area contributed by atoms with Gasteiger partial charge < -0.3 is 18.9 Å². The molecule has 1 aliphatic rings. The number of morpholine rings is 1. The van der Waals surface area contributed by atoms with Crippen molar-refractivity contribution in [3.63, 3.8) is 0 Å². The van der Waals surface area contributed by atoms with Gasteiger partial charge in [0.15, 0.2) is 0 Å². The quantitative estimate of drug-likeness (QED) is 0.270. The molecule has 4 rings (SSSR count). The minimum absolute atomic E-state index is 0.224. The van der Waals surface area contributed by atoms with Crippen LogP contribution in [0.5, 0.6) is 5.75 Å². The third kappa shape index (κ3) is 4.69. The molecule has 32 heavy (non-hydrogen) atoms. The van der Waals surface area contributed by atoms with E-state index in [4.69, 9.17) is 44.9 Å². The van der Waals surface area contributed by atoms with Crippen LogP contribution in [-0.4, -0.2) is 46.7 Å². The molecule has 0 spiro atoms. The first kappa shape index (κ1) is 22.8. The van der Waals surface area contributed by atoms with Gasteiger partial charge in [-0.15, -0.1) is 0 Å². The highest BCUT2D eigenvalue weighted by atomic mass is 35.5. The second-order valence-corrected chi connectivity index (χ2v) is 8.76. The van der Waals surface area contributed by atoms with Crippen molar-refractivity contribution < 1.29 is 14.3 Å². The van der Waals surface area contributed by atoms with E-state index < -0.39 is 5.97 Å². The number of benzene rings is 2. The molecular weight excluding hydrogens is 467 g/mol. The van der Waals surface area contributed by atoms with Crippen LogP contribution in [0.1, 0.15) is 27.3 Å². The van der Waals surface area contributed by atoms with Gasteiger partial charge in [0.1, 0.15) is 10.7 Å². The number of esters is 1. The van der Waals surface area contributed by atoms with Gasteiger partial charge in [0.2, 0.25) is 0 Å². The maximum Gasteiger partial charge on any atom is 0.345 e. The minimum atomic E-state index is -0.559. The summed E-state index contributed by atoms with van der Waals surface area (Å²) in [4.78, 5) is 15.5. The van der Waals surface area contributed by atoms with Crippen molar-refractivity contribution >= 4 is 46.4 Å². The Morgan fingerprint density at radius 1 is 1.00 bits per heavy atom. The summed E-state index contributed by atoms with van der Waals surface area (Å²) in [6, 6.07) is 14.1. The van der Waals surface area contributed by atoms with Crippen LogP contribution in [0.3, 0.4) is 0 Å². The fraction of sp³-hybridized carbons (Fsp3) is 0.250. The third-order valence-electron chi connectivity index (χ3n) is 5.41. The second kappa shape index (κ2) is 9.63. The van der Waals surface area contributed by atoms with Gasteiger partial charge in [-0.05, 0) is 62.4 Å². The Labute approximate surface area is 202 Å². The molecular formula is C24H22Cl2N2O3S. The number of thiocarbonyl (C=S) groups is 1. The Balaban J connectivity index is 1.54. The lowest BCUT2D eigenvalue weighted by Gasteiger charge is -2.29. The highest BCUT2D eigenvalue weighted by molar-refractivity contribution is 7.80. The standard InChI is InChI=1S/C24H22Cl2N2O3S/c1-15-13-20(23(32)27-9-11-30-12-10-27)16(2)28(15)18-4-6-19(7-5-18)31-24(29)21-14-17(25)3-8-22(21)26/h3-8,13-14H,9-12H2,1-2H3. The molecule has 0 amide bonds. The fourth-order valence-electron chi connectivity index (χ4n) is 3.79. The van der Waals surface area contributed by atoms with Crippen LogP contribution in [0.2, 0.25) is 10.0 Å². The summed E-state index contributed by atoms with van der Waals surface area (Å²) in [5.41, 5.74) is 4.36. The Bertz CT molecular complexity index is 1170. The SMILES string of the molecule is Cc1cc(C(=S)N2CCOCC2)c(C)n1-c1ccc(OC(=O)c2cc(Cl)ccc2Cl)cc1. The molecule has 1 saturated heterocycles. The summed E-state index contributed by atoms with van der Waals surface area (Å²) < 4.78 is 13.1. The predicted octanol–water partition coefficient (Wildman–Crippen LogP) is 5.63. The normalized spacial score (nSPS) is 13.8. The monoisotopic (exact) mass is 488 g/mol. The van der Waals surface area contributed by atoms with E-state index in [-0.39, 0.29) is 5.56 Å². The van der Waals surface area contributed by atoms with Gasteiger partial charge >= 0.3 is 5.97 Å². The van der Waals surface area contributed by atoms with Crippen molar-refractivity contribution in [2.24, 2.45) is 0 Å². The Morgan fingerprint density at radius 2 is 1.69 bits per heavy atom. The van der Waals surface area contributed by atoms with Crippen molar-refractivity contribution in [3.8, 4) is 11.4 Å². The van der Waals surface area contributed by atoms with E-state index in [9.17, 15) is 4.79 Å². The molecule has 0 saturated carbocycles. The van der Waals surface area contributed by atoms with E-state index in [1.54, 1.807) is 24.3 Å². The minimum Gasteiger partial charge on any atom is -0.423 e. The highest BCUT2D eigenvalue weighted by Crippen LogP contribution is 2.26. The van der Waals surface area contributed by atoms with Crippen LogP contribution < -0.4 is 4.74 Å². The molecule has 1 fully saturated rings. The lowest BCUT2D eigenvalue weighted by atomic mass is 10.2. The van der Waals surface area contributed by atoms with Crippen LogP contribution >= 0.6 is 35.4 Å². The molecule has 0 bridgehead atoms. The molecule has 2 heterocycles. The summed E-state index contributed by atoms with van der Waals surface area (Å²) >= 11 is 17.8. The second-order valence-electron chi connectivity index (χ2n) is 7.53. The molecule has 0 radical (unpaired) electrons. The first-order chi connectivity index (χ1) is 15.3. The zero-order valence-corrected chi connectivity index (χ0v) is 20.1. The van der Waals surface area contributed by atoms with E-state index in [1.807, 2.05) is 19.1 Å². The smallest absolute Gasteiger partial charge is 0.345 e. The molecule has 2 aromatic carbocycles. The summed E-state index contributed by atoms with van der Waals surface area (Å²) in [6.07, 6.45) is 0. The molecule has 3 aromatic rings. The maximum atomic E-state index is 12.5. The molecule has 1 aromatic heterocycles. The lowest BCUT2D eigenvalue weighted by Crippen LogP contribution is -2.40. The van der Waals surface area contributed by atoms with Crippen molar-refractivity contribution in [1.29, 1.82) is 0 Å². The van der Waals surface area contributed by atoms with E-state index in [2.05, 4.69) is 22.5 Å². The number of carbonyl (C=O) groups is 1. The Kier molecular flexibility index (Phi) is 6.86. The van der Waals surface area contributed by atoms with Gasteiger partial charge in [0.25, 0.3) is 0 Å². The van der Waals surface area contributed by atoms with E-state index >= 15 is 0 Å². The Morgan fingerprint density at radius 3 is 2.38 bits per heavy atom. The molecule has 8 heteroatoms. The van der Waals surface area contributed by atoms with Crippen molar-refractivity contribution in [3.05, 3.63) is 81.1 Å². The number of hydrogen-bond acceptors (Lipinski definition) is 4. The first-order valence-electron chi connectivity index (χ1n) is 10.2. The summed E-state index contributed by atoms with van der Waals surface area (Å²) in [5.74, 6) is -0.141. The van der Waals surface area contributed by atoms with Crippen molar-refractivity contribution in [2.75, 3.05) is 26.3 Å².